The zero-order valence-corrected chi connectivity index (χ0v) is 12.6. The van der Waals surface area contributed by atoms with Crippen LogP contribution in [0.1, 0.15) is 0 Å². The van der Waals surface area contributed by atoms with Gasteiger partial charge in [-0.1, -0.05) is 0 Å². The van der Waals surface area contributed by atoms with Crippen molar-refractivity contribution in [2.24, 2.45) is 0 Å². The molecule has 1 N–H and O–H groups in total. The molecule has 0 heterocycles. The van der Waals surface area contributed by atoms with Crippen LogP contribution in [-0.2, 0) is 19.7 Å². The van der Waals surface area contributed by atoms with Crippen molar-refractivity contribution >= 4 is 19.7 Å². The molecule has 0 amide bonds. The molecule has 8 heteroatoms. The lowest BCUT2D eigenvalue weighted by atomic mass is 10.3. The van der Waals surface area contributed by atoms with E-state index in [0.717, 1.165) is 18.6 Å². The molecule has 0 aliphatic heterocycles. The number of likely N-dealkylation sites (N-methyl/N-ethyl adjacent to an activating group) is 1. The Hall–Kier alpha value is -1.12. The molecule has 1 aromatic rings. The van der Waals surface area contributed by atoms with Crippen LogP contribution in [0.5, 0.6) is 5.75 Å². The lowest BCUT2D eigenvalue weighted by Crippen LogP contribution is -2.17. The Labute approximate surface area is 113 Å². The molecule has 0 saturated heterocycles. The highest BCUT2D eigenvalue weighted by molar-refractivity contribution is 7.91. The Kier molecular flexibility index (Phi) is 4.94. The van der Waals surface area contributed by atoms with E-state index in [4.69, 9.17) is 4.74 Å². The van der Waals surface area contributed by atoms with Crippen molar-refractivity contribution in [2.75, 3.05) is 32.7 Å². The fourth-order valence-electron chi connectivity index (χ4n) is 1.39. The van der Waals surface area contributed by atoms with Crippen LogP contribution in [0.15, 0.2) is 28.0 Å². The number of sulfone groups is 2. The van der Waals surface area contributed by atoms with Crippen LogP contribution >= 0.6 is 0 Å². The van der Waals surface area contributed by atoms with Gasteiger partial charge in [0.1, 0.15) is 17.3 Å². The molecule has 0 unspecified atom stereocenters. The molecular weight excluding hydrogens is 290 g/mol. The van der Waals surface area contributed by atoms with Crippen molar-refractivity contribution in [3.63, 3.8) is 0 Å². The minimum absolute atomic E-state index is 0.0473. The summed E-state index contributed by atoms with van der Waals surface area (Å²) in [4.78, 5) is -0.166. The summed E-state index contributed by atoms with van der Waals surface area (Å²) in [6, 6.07) is 3.82. The summed E-state index contributed by atoms with van der Waals surface area (Å²) >= 11 is 0. The van der Waals surface area contributed by atoms with Crippen LogP contribution in [0.25, 0.3) is 0 Å². The number of rotatable bonds is 6. The van der Waals surface area contributed by atoms with E-state index < -0.39 is 19.7 Å². The van der Waals surface area contributed by atoms with Crippen molar-refractivity contribution in [2.45, 2.75) is 9.79 Å². The summed E-state index contributed by atoms with van der Waals surface area (Å²) in [5.74, 6) is 0.158. The maximum Gasteiger partial charge on any atom is 0.179 e. The number of benzene rings is 1. The number of ether oxygens (including phenoxy) is 1. The van der Waals surface area contributed by atoms with Gasteiger partial charge >= 0.3 is 0 Å². The fraction of sp³-hybridized carbons (Fsp3) is 0.455. The minimum Gasteiger partial charge on any atom is -0.491 e. The van der Waals surface area contributed by atoms with Crippen molar-refractivity contribution in [1.29, 1.82) is 0 Å². The number of hydrogen-bond donors (Lipinski definition) is 1. The van der Waals surface area contributed by atoms with E-state index in [1.807, 2.05) is 0 Å². The monoisotopic (exact) mass is 307 g/mol. The van der Waals surface area contributed by atoms with E-state index in [1.54, 1.807) is 7.05 Å². The van der Waals surface area contributed by atoms with Crippen LogP contribution in [0.4, 0.5) is 0 Å². The normalized spacial score (nSPS) is 12.4. The van der Waals surface area contributed by atoms with Crippen LogP contribution in [-0.4, -0.2) is 49.5 Å². The molecule has 19 heavy (non-hydrogen) atoms. The number of nitrogens with one attached hydrogen (secondary N) is 1. The molecular formula is C11H17NO5S2. The van der Waals surface area contributed by atoms with Crippen molar-refractivity contribution in [1.82, 2.24) is 5.32 Å². The molecule has 0 bridgehead atoms. The van der Waals surface area contributed by atoms with Gasteiger partial charge in [0.05, 0.1) is 4.90 Å². The number of hydrogen-bond acceptors (Lipinski definition) is 6. The predicted octanol–water partition coefficient (Wildman–Crippen LogP) is 0.0918. The third-order valence-electron chi connectivity index (χ3n) is 2.35. The highest BCUT2D eigenvalue weighted by Crippen LogP contribution is 2.27. The van der Waals surface area contributed by atoms with Gasteiger partial charge in [0, 0.05) is 19.1 Å². The largest absolute Gasteiger partial charge is 0.491 e. The summed E-state index contributed by atoms with van der Waals surface area (Å²) in [7, 11) is -5.28. The van der Waals surface area contributed by atoms with Gasteiger partial charge < -0.3 is 10.1 Å². The van der Waals surface area contributed by atoms with Crippen LogP contribution in [0.2, 0.25) is 0 Å². The Bertz CT molecular complexity index is 650. The summed E-state index contributed by atoms with van der Waals surface area (Å²) in [5, 5.41) is 2.86. The Morgan fingerprint density at radius 3 is 2.21 bits per heavy atom. The lowest BCUT2D eigenvalue weighted by molar-refractivity contribution is 0.310. The van der Waals surface area contributed by atoms with Gasteiger partial charge in [0.15, 0.2) is 19.7 Å². The van der Waals surface area contributed by atoms with Gasteiger partial charge in [-0.05, 0) is 25.2 Å². The molecule has 0 aliphatic carbocycles. The summed E-state index contributed by atoms with van der Waals surface area (Å²) in [5.41, 5.74) is 0. The Morgan fingerprint density at radius 1 is 1.11 bits per heavy atom. The summed E-state index contributed by atoms with van der Waals surface area (Å²) in [6.45, 7) is 0.842. The molecule has 0 atom stereocenters. The highest BCUT2D eigenvalue weighted by Gasteiger charge is 2.18. The molecule has 6 nitrogen and oxygen atoms in total. The smallest absolute Gasteiger partial charge is 0.179 e. The molecule has 0 aromatic heterocycles. The standard InChI is InChI=1S/C11H17NO5S2/c1-12-6-7-17-10-5-4-9(18(2,13)14)8-11(10)19(3,15)16/h4-5,8,12H,6-7H2,1-3H3. The van der Waals surface area contributed by atoms with Gasteiger partial charge in [0.25, 0.3) is 0 Å². The minimum atomic E-state index is -3.56. The first-order chi connectivity index (χ1) is 8.66. The van der Waals surface area contributed by atoms with Gasteiger partial charge in [-0.15, -0.1) is 0 Å². The third-order valence-corrected chi connectivity index (χ3v) is 4.58. The molecule has 0 aliphatic rings. The Balaban J connectivity index is 3.26. The zero-order valence-electron chi connectivity index (χ0n) is 11.0. The van der Waals surface area contributed by atoms with Crippen molar-refractivity contribution in [3.8, 4) is 5.75 Å². The lowest BCUT2D eigenvalue weighted by Gasteiger charge is -2.11. The van der Waals surface area contributed by atoms with E-state index in [0.29, 0.717) is 6.54 Å². The Morgan fingerprint density at radius 2 is 1.74 bits per heavy atom. The van der Waals surface area contributed by atoms with Gasteiger partial charge in [0.2, 0.25) is 0 Å². The van der Waals surface area contributed by atoms with Crippen LogP contribution in [0, 0.1) is 0 Å². The first kappa shape index (κ1) is 15.9. The first-order valence-corrected chi connectivity index (χ1v) is 9.26. The molecule has 0 fully saturated rings. The average molecular weight is 307 g/mol. The molecule has 0 spiro atoms. The average Bonchev–Trinajstić information content (AvgIpc) is 2.27. The quantitative estimate of drug-likeness (QED) is 0.749. The van der Waals surface area contributed by atoms with Crippen molar-refractivity contribution in [3.05, 3.63) is 18.2 Å². The van der Waals surface area contributed by atoms with E-state index in [2.05, 4.69) is 5.32 Å². The van der Waals surface area contributed by atoms with Crippen LogP contribution < -0.4 is 10.1 Å². The molecule has 1 rings (SSSR count). The van der Waals surface area contributed by atoms with Crippen LogP contribution in [0.3, 0.4) is 0 Å². The van der Waals surface area contributed by atoms with Gasteiger partial charge in [-0.3, -0.25) is 0 Å². The van der Waals surface area contributed by atoms with E-state index in [-0.39, 0.29) is 22.1 Å². The highest BCUT2D eigenvalue weighted by atomic mass is 32.2. The predicted molar refractivity (Wildman–Crippen MR) is 72.1 cm³/mol. The molecule has 0 saturated carbocycles. The third kappa shape index (κ3) is 4.48. The van der Waals surface area contributed by atoms with Crippen molar-refractivity contribution < 1.29 is 21.6 Å². The van der Waals surface area contributed by atoms with Gasteiger partial charge in [-0.25, -0.2) is 16.8 Å². The topological polar surface area (TPSA) is 89.5 Å². The summed E-state index contributed by atoms with van der Waals surface area (Å²) < 4.78 is 51.6. The van der Waals surface area contributed by atoms with E-state index in [9.17, 15) is 16.8 Å². The van der Waals surface area contributed by atoms with Gasteiger partial charge in [-0.2, -0.15) is 0 Å². The zero-order chi connectivity index (χ0) is 14.7. The molecule has 0 radical (unpaired) electrons. The summed E-state index contributed by atoms with van der Waals surface area (Å²) in [6.07, 6.45) is 2.04. The SMILES string of the molecule is CNCCOc1ccc(S(C)(=O)=O)cc1S(C)(=O)=O. The second-order valence-corrected chi connectivity index (χ2v) is 8.10. The maximum absolute atomic E-state index is 11.7. The van der Waals surface area contributed by atoms with E-state index >= 15 is 0 Å². The second kappa shape index (κ2) is 5.89. The molecule has 1 aromatic carbocycles. The van der Waals surface area contributed by atoms with E-state index in [1.165, 1.54) is 12.1 Å². The maximum atomic E-state index is 11.7. The molecule has 108 valence electrons. The second-order valence-electron chi connectivity index (χ2n) is 4.10. The first-order valence-electron chi connectivity index (χ1n) is 5.48. The fourth-order valence-corrected chi connectivity index (χ4v) is 2.95.